The molecule has 0 radical (unpaired) electrons. The van der Waals surface area contributed by atoms with Gasteiger partial charge in [-0.3, -0.25) is 4.99 Å². The van der Waals surface area contributed by atoms with Crippen LogP contribution in [0.3, 0.4) is 0 Å². The Morgan fingerprint density at radius 1 is 1.06 bits per heavy atom. The first-order valence-corrected chi connectivity index (χ1v) is 12.2. The molecule has 5 rings (SSSR count). The SMILES string of the molecule is CC1=Cc2c(ccc(Oc3nc(NC4=NCC(C(C)(C)C)=C4)cc(N4CCN(C)CC4)n3)c2F)C1. The van der Waals surface area contributed by atoms with E-state index in [-0.39, 0.29) is 23.0 Å². The molecule has 184 valence electrons. The molecule has 1 N–H and O–H groups in total. The number of aliphatic imine (C=N–C) groups is 1. The van der Waals surface area contributed by atoms with Crippen LogP contribution in [0.25, 0.3) is 6.08 Å². The molecular weight excluding hydrogens is 443 g/mol. The number of rotatable bonds is 4. The zero-order chi connectivity index (χ0) is 24.7. The quantitative estimate of drug-likeness (QED) is 0.676. The standard InChI is InChI=1S/C27H33FN6O/c1-17-12-18-6-7-21(25(28)20(18)13-17)35-26-31-23(30-22-14-19(16-29-22)27(2,3)4)15-24(32-26)34-10-8-33(5)9-11-34/h6-7,13-15H,8-12,16H2,1-5H3,(H,29,30,31,32). The number of nitrogens with one attached hydrogen (secondary N) is 1. The predicted molar refractivity (Wildman–Crippen MR) is 139 cm³/mol. The summed E-state index contributed by atoms with van der Waals surface area (Å²) in [5, 5.41) is 3.32. The van der Waals surface area contributed by atoms with Crippen LogP contribution in [-0.4, -0.2) is 60.5 Å². The topological polar surface area (TPSA) is 65.9 Å². The third-order valence-electron chi connectivity index (χ3n) is 6.77. The lowest BCUT2D eigenvalue weighted by molar-refractivity contribution is 0.311. The molecule has 1 fully saturated rings. The highest BCUT2D eigenvalue weighted by atomic mass is 19.1. The molecule has 3 aliphatic rings. The number of anilines is 2. The minimum absolute atomic E-state index is 0.0513. The van der Waals surface area contributed by atoms with E-state index in [2.05, 4.69) is 64.0 Å². The van der Waals surface area contributed by atoms with Gasteiger partial charge < -0.3 is 19.9 Å². The minimum atomic E-state index is -0.375. The largest absolute Gasteiger partial charge is 0.421 e. The molecule has 1 aromatic carbocycles. The van der Waals surface area contributed by atoms with Crippen molar-refractivity contribution in [1.82, 2.24) is 14.9 Å². The Morgan fingerprint density at radius 3 is 2.54 bits per heavy atom. The molecule has 0 unspecified atom stereocenters. The first-order valence-electron chi connectivity index (χ1n) is 12.2. The van der Waals surface area contributed by atoms with Gasteiger partial charge in [0.1, 0.15) is 17.5 Å². The number of halogens is 1. The van der Waals surface area contributed by atoms with Crippen molar-refractivity contribution in [3.63, 3.8) is 0 Å². The maximum atomic E-state index is 15.2. The van der Waals surface area contributed by atoms with Gasteiger partial charge in [-0.25, -0.2) is 4.39 Å². The fraction of sp³-hybridized carbons (Fsp3) is 0.444. The number of benzene rings is 1. The van der Waals surface area contributed by atoms with E-state index in [0.29, 0.717) is 17.9 Å². The number of allylic oxidation sites excluding steroid dienone is 1. The second kappa shape index (κ2) is 9.07. The lowest BCUT2D eigenvalue weighted by Gasteiger charge is -2.33. The van der Waals surface area contributed by atoms with Crippen molar-refractivity contribution in [2.24, 2.45) is 10.4 Å². The normalized spacial score (nSPS) is 18.2. The van der Waals surface area contributed by atoms with Crippen LogP contribution in [0.1, 0.15) is 38.8 Å². The minimum Gasteiger partial charge on any atom is -0.421 e. The van der Waals surface area contributed by atoms with Crippen LogP contribution < -0.4 is 15.0 Å². The van der Waals surface area contributed by atoms with Crippen LogP contribution in [0.2, 0.25) is 0 Å². The van der Waals surface area contributed by atoms with Crippen LogP contribution in [-0.2, 0) is 6.42 Å². The Labute approximate surface area is 206 Å². The van der Waals surface area contributed by atoms with Crippen molar-refractivity contribution in [3.05, 3.63) is 52.4 Å². The van der Waals surface area contributed by atoms with Gasteiger partial charge >= 0.3 is 6.01 Å². The first-order chi connectivity index (χ1) is 16.7. The van der Waals surface area contributed by atoms with Gasteiger partial charge in [0, 0.05) is 37.8 Å². The number of hydrogen-bond donors (Lipinski definition) is 1. The molecule has 1 saturated heterocycles. The molecule has 0 spiro atoms. The number of likely N-dealkylation sites (N-methyl/N-ethyl adjacent to an activating group) is 1. The molecular formula is C27H33FN6O. The van der Waals surface area contributed by atoms with Crippen LogP contribution in [0.4, 0.5) is 16.0 Å². The van der Waals surface area contributed by atoms with Crippen molar-refractivity contribution in [2.75, 3.05) is 50.0 Å². The maximum Gasteiger partial charge on any atom is 0.326 e. The Bertz CT molecular complexity index is 1230. The molecule has 0 saturated carbocycles. The van der Waals surface area contributed by atoms with Crippen molar-refractivity contribution < 1.29 is 9.13 Å². The number of ether oxygens (including phenoxy) is 1. The molecule has 7 nitrogen and oxygen atoms in total. The lowest BCUT2D eigenvalue weighted by atomic mass is 9.87. The summed E-state index contributed by atoms with van der Waals surface area (Å²) in [5.74, 6) is 1.84. The van der Waals surface area contributed by atoms with Gasteiger partial charge in [0.25, 0.3) is 0 Å². The zero-order valence-corrected chi connectivity index (χ0v) is 21.2. The highest BCUT2D eigenvalue weighted by Gasteiger charge is 2.23. The summed E-state index contributed by atoms with van der Waals surface area (Å²) in [5.41, 5.74) is 4.01. The molecule has 35 heavy (non-hydrogen) atoms. The number of fused-ring (bicyclic) bond motifs is 1. The van der Waals surface area contributed by atoms with E-state index in [1.807, 2.05) is 25.1 Å². The van der Waals surface area contributed by atoms with Crippen molar-refractivity contribution in [3.8, 4) is 11.8 Å². The predicted octanol–water partition coefficient (Wildman–Crippen LogP) is 4.92. The van der Waals surface area contributed by atoms with Gasteiger partial charge in [0.2, 0.25) is 0 Å². The fourth-order valence-electron chi connectivity index (χ4n) is 4.51. The molecule has 0 bridgehead atoms. The van der Waals surface area contributed by atoms with E-state index in [1.54, 1.807) is 6.07 Å². The highest BCUT2D eigenvalue weighted by molar-refractivity contribution is 6.05. The molecule has 0 atom stereocenters. The van der Waals surface area contributed by atoms with E-state index in [0.717, 1.165) is 55.4 Å². The summed E-state index contributed by atoms with van der Waals surface area (Å²) in [6, 6.07) is 5.60. The molecule has 1 aliphatic carbocycles. The number of aromatic nitrogens is 2. The van der Waals surface area contributed by atoms with Gasteiger partial charge in [-0.2, -0.15) is 9.97 Å². The van der Waals surface area contributed by atoms with E-state index in [9.17, 15) is 0 Å². The van der Waals surface area contributed by atoms with Gasteiger partial charge in [0.05, 0.1) is 6.54 Å². The fourth-order valence-corrected chi connectivity index (χ4v) is 4.51. The number of hydrogen-bond acceptors (Lipinski definition) is 7. The third kappa shape index (κ3) is 5.07. The molecule has 2 aromatic rings. The Balaban J connectivity index is 1.45. The van der Waals surface area contributed by atoms with Crippen molar-refractivity contribution in [2.45, 2.75) is 34.1 Å². The summed E-state index contributed by atoms with van der Waals surface area (Å²) in [6.07, 6.45) is 4.72. The van der Waals surface area contributed by atoms with E-state index < -0.39 is 0 Å². The van der Waals surface area contributed by atoms with Crippen LogP contribution >= 0.6 is 0 Å². The molecule has 3 heterocycles. The summed E-state index contributed by atoms with van der Waals surface area (Å²) in [6.45, 7) is 12.8. The number of piperazine rings is 1. The average molecular weight is 477 g/mol. The summed E-state index contributed by atoms with van der Waals surface area (Å²) >= 11 is 0. The smallest absolute Gasteiger partial charge is 0.326 e. The lowest BCUT2D eigenvalue weighted by Crippen LogP contribution is -2.44. The van der Waals surface area contributed by atoms with Crippen molar-refractivity contribution in [1.29, 1.82) is 0 Å². The second-order valence-corrected chi connectivity index (χ2v) is 10.7. The molecule has 0 amide bonds. The molecule has 2 aliphatic heterocycles. The molecule has 1 aromatic heterocycles. The highest BCUT2D eigenvalue weighted by Crippen LogP contribution is 2.34. The van der Waals surface area contributed by atoms with Crippen molar-refractivity contribution >= 4 is 23.5 Å². The van der Waals surface area contributed by atoms with Gasteiger partial charge in [0.15, 0.2) is 11.6 Å². The molecule has 8 heteroatoms. The number of amidine groups is 1. The van der Waals surface area contributed by atoms with Crippen LogP contribution in [0, 0.1) is 11.2 Å². The maximum absolute atomic E-state index is 15.2. The monoisotopic (exact) mass is 476 g/mol. The Morgan fingerprint density at radius 2 is 1.83 bits per heavy atom. The third-order valence-corrected chi connectivity index (χ3v) is 6.77. The summed E-state index contributed by atoms with van der Waals surface area (Å²) in [4.78, 5) is 18.3. The number of nitrogens with zero attached hydrogens (tertiary/aromatic N) is 5. The van der Waals surface area contributed by atoms with Crippen LogP contribution in [0.15, 0.2) is 40.4 Å². The first kappa shape index (κ1) is 23.5. The van der Waals surface area contributed by atoms with Gasteiger partial charge in [-0.05, 0) is 49.1 Å². The Hall–Kier alpha value is -3.26. The Kier molecular flexibility index (Phi) is 6.09. The summed E-state index contributed by atoms with van der Waals surface area (Å²) in [7, 11) is 2.11. The van der Waals surface area contributed by atoms with E-state index >= 15 is 4.39 Å². The second-order valence-electron chi connectivity index (χ2n) is 10.7. The van der Waals surface area contributed by atoms with Crippen LogP contribution in [0.5, 0.6) is 11.8 Å². The van der Waals surface area contributed by atoms with Gasteiger partial charge in [-0.1, -0.05) is 38.5 Å². The van der Waals surface area contributed by atoms with Gasteiger partial charge in [-0.15, -0.1) is 0 Å². The zero-order valence-electron chi connectivity index (χ0n) is 21.2. The average Bonchev–Trinajstić information content (AvgIpc) is 3.43. The van der Waals surface area contributed by atoms with E-state index in [4.69, 9.17) is 4.74 Å². The summed E-state index contributed by atoms with van der Waals surface area (Å²) < 4.78 is 21.2. The van der Waals surface area contributed by atoms with E-state index in [1.165, 1.54) is 5.57 Å².